The van der Waals surface area contributed by atoms with Crippen LogP contribution in [0.5, 0.6) is 0 Å². The molecule has 2 rings (SSSR count). The number of hydrogen-bond acceptors (Lipinski definition) is 4. The van der Waals surface area contributed by atoms with Gasteiger partial charge in [-0.15, -0.1) is 5.10 Å². The van der Waals surface area contributed by atoms with Gasteiger partial charge in [0.15, 0.2) is 0 Å². The SMILES string of the molecule is CCCN(CCn1cc(CNC(C)C)nn1)C1CC1. The third-order valence-corrected chi connectivity index (χ3v) is 3.47. The van der Waals surface area contributed by atoms with E-state index >= 15 is 0 Å². The molecule has 1 saturated carbocycles. The van der Waals surface area contributed by atoms with Crippen LogP contribution in [0, 0.1) is 0 Å². The second-order valence-corrected chi connectivity index (χ2v) is 5.78. The van der Waals surface area contributed by atoms with Gasteiger partial charge in [-0.2, -0.15) is 0 Å². The molecule has 1 aromatic heterocycles. The van der Waals surface area contributed by atoms with Gasteiger partial charge in [0.1, 0.15) is 0 Å². The second-order valence-electron chi connectivity index (χ2n) is 5.78. The van der Waals surface area contributed by atoms with Crippen LogP contribution in [-0.2, 0) is 13.1 Å². The molecule has 5 nitrogen and oxygen atoms in total. The highest BCUT2D eigenvalue weighted by atomic mass is 15.4. The first-order valence-electron chi connectivity index (χ1n) is 7.55. The van der Waals surface area contributed by atoms with Gasteiger partial charge in [-0.3, -0.25) is 9.58 Å². The fraction of sp³-hybridized carbons (Fsp3) is 0.857. The highest BCUT2D eigenvalue weighted by Crippen LogP contribution is 2.26. The van der Waals surface area contributed by atoms with Gasteiger partial charge in [-0.1, -0.05) is 26.0 Å². The molecule has 1 N–H and O–H groups in total. The Bertz CT molecular complexity index is 370. The molecule has 0 saturated heterocycles. The van der Waals surface area contributed by atoms with Gasteiger partial charge in [0, 0.05) is 31.4 Å². The summed E-state index contributed by atoms with van der Waals surface area (Å²) >= 11 is 0. The van der Waals surface area contributed by atoms with Crippen LogP contribution in [0.4, 0.5) is 0 Å². The van der Waals surface area contributed by atoms with Crippen LogP contribution < -0.4 is 5.32 Å². The first-order chi connectivity index (χ1) is 9.19. The molecule has 0 aliphatic heterocycles. The molecular formula is C14H27N5. The molecule has 0 aromatic carbocycles. The van der Waals surface area contributed by atoms with Crippen LogP contribution in [0.1, 0.15) is 45.7 Å². The molecule has 0 spiro atoms. The van der Waals surface area contributed by atoms with Crippen molar-refractivity contribution < 1.29 is 0 Å². The van der Waals surface area contributed by atoms with Gasteiger partial charge in [0.25, 0.3) is 0 Å². The number of rotatable bonds is 9. The zero-order chi connectivity index (χ0) is 13.7. The Morgan fingerprint density at radius 3 is 2.84 bits per heavy atom. The minimum Gasteiger partial charge on any atom is -0.309 e. The Balaban J connectivity index is 1.75. The maximum absolute atomic E-state index is 4.21. The van der Waals surface area contributed by atoms with Crippen molar-refractivity contribution in [2.75, 3.05) is 13.1 Å². The lowest BCUT2D eigenvalue weighted by Crippen LogP contribution is -2.30. The fourth-order valence-corrected chi connectivity index (χ4v) is 2.27. The minimum absolute atomic E-state index is 0.486. The van der Waals surface area contributed by atoms with Crippen LogP contribution in [0.2, 0.25) is 0 Å². The van der Waals surface area contributed by atoms with E-state index in [4.69, 9.17) is 0 Å². The molecule has 0 amide bonds. The van der Waals surface area contributed by atoms with Crippen LogP contribution in [0.15, 0.2) is 6.20 Å². The van der Waals surface area contributed by atoms with Crippen molar-refractivity contribution in [3.63, 3.8) is 0 Å². The molecule has 0 atom stereocenters. The molecular weight excluding hydrogens is 238 g/mol. The van der Waals surface area contributed by atoms with Gasteiger partial charge in [-0.05, 0) is 25.8 Å². The van der Waals surface area contributed by atoms with E-state index in [0.717, 1.165) is 31.4 Å². The highest BCUT2D eigenvalue weighted by Gasteiger charge is 2.27. The molecule has 1 fully saturated rings. The predicted molar refractivity (Wildman–Crippen MR) is 76.9 cm³/mol. The van der Waals surface area contributed by atoms with Crippen molar-refractivity contribution >= 4 is 0 Å². The maximum Gasteiger partial charge on any atom is 0.0964 e. The van der Waals surface area contributed by atoms with Crippen molar-refractivity contribution in [3.8, 4) is 0 Å². The van der Waals surface area contributed by atoms with E-state index in [1.165, 1.54) is 25.8 Å². The van der Waals surface area contributed by atoms with Crippen LogP contribution in [0.25, 0.3) is 0 Å². The Labute approximate surface area is 116 Å². The summed E-state index contributed by atoms with van der Waals surface area (Å²) in [5.41, 5.74) is 1.03. The lowest BCUT2D eigenvalue weighted by molar-refractivity contribution is 0.248. The highest BCUT2D eigenvalue weighted by molar-refractivity contribution is 4.92. The molecule has 108 valence electrons. The van der Waals surface area contributed by atoms with E-state index in [2.05, 4.69) is 47.5 Å². The van der Waals surface area contributed by atoms with E-state index in [1.807, 2.05) is 4.68 Å². The quantitative estimate of drug-likeness (QED) is 0.737. The van der Waals surface area contributed by atoms with Crippen LogP contribution >= 0.6 is 0 Å². The summed E-state index contributed by atoms with van der Waals surface area (Å²) in [5.74, 6) is 0. The standard InChI is InChI=1S/C14H27N5/c1-4-7-18(14-5-6-14)8-9-19-11-13(16-17-19)10-15-12(2)3/h11-12,14-15H,4-10H2,1-3H3. The third kappa shape index (κ3) is 4.91. The topological polar surface area (TPSA) is 46.0 Å². The van der Waals surface area contributed by atoms with Gasteiger partial charge >= 0.3 is 0 Å². The monoisotopic (exact) mass is 265 g/mol. The average Bonchev–Trinajstić information content (AvgIpc) is 3.12. The van der Waals surface area contributed by atoms with Crippen molar-refractivity contribution in [2.45, 2.75) is 65.2 Å². The molecule has 5 heteroatoms. The summed E-state index contributed by atoms with van der Waals surface area (Å²) in [4.78, 5) is 2.59. The normalized spacial score (nSPS) is 15.6. The van der Waals surface area contributed by atoms with E-state index < -0.39 is 0 Å². The Morgan fingerprint density at radius 1 is 1.42 bits per heavy atom. The first kappa shape index (κ1) is 14.5. The van der Waals surface area contributed by atoms with E-state index in [0.29, 0.717) is 6.04 Å². The number of hydrogen-bond donors (Lipinski definition) is 1. The predicted octanol–water partition coefficient (Wildman–Crippen LogP) is 1.65. The fourth-order valence-electron chi connectivity index (χ4n) is 2.27. The van der Waals surface area contributed by atoms with Crippen molar-refractivity contribution in [3.05, 3.63) is 11.9 Å². The zero-order valence-electron chi connectivity index (χ0n) is 12.5. The van der Waals surface area contributed by atoms with Gasteiger partial charge in [0.05, 0.1) is 12.2 Å². The zero-order valence-corrected chi connectivity index (χ0v) is 12.5. The van der Waals surface area contributed by atoms with E-state index in [-0.39, 0.29) is 0 Å². The molecule has 0 bridgehead atoms. The van der Waals surface area contributed by atoms with Crippen LogP contribution in [-0.4, -0.2) is 45.1 Å². The largest absolute Gasteiger partial charge is 0.309 e. The summed E-state index contributed by atoms with van der Waals surface area (Å²) < 4.78 is 1.97. The van der Waals surface area contributed by atoms with Gasteiger partial charge in [0.2, 0.25) is 0 Å². The minimum atomic E-state index is 0.486. The van der Waals surface area contributed by atoms with Crippen molar-refractivity contribution in [1.29, 1.82) is 0 Å². The lowest BCUT2D eigenvalue weighted by atomic mass is 10.3. The molecule has 0 unspecified atom stereocenters. The average molecular weight is 265 g/mol. The van der Waals surface area contributed by atoms with Gasteiger partial charge < -0.3 is 5.32 Å². The Morgan fingerprint density at radius 2 is 2.21 bits per heavy atom. The second kappa shape index (κ2) is 7.01. The van der Waals surface area contributed by atoms with Crippen molar-refractivity contribution in [2.24, 2.45) is 0 Å². The number of aromatic nitrogens is 3. The summed E-state index contributed by atoms with van der Waals surface area (Å²) in [6, 6.07) is 1.32. The number of nitrogens with one attached hydrogen (secondary N) is 1. The summed E-state index contributed by atoms with van der Waals surface area (Å²) in [5, 5.41) is 11.8. The Hall–Kier alpha value is -0.940. The smallest absolute Gasteiger partial charge is 0.0964 e. The van der Waals surface area contributed by atoms with E-state index in [9.17, 15) is 0 Å². The molecule has 1 aromatic rings. The number of nitrogens with zero attached hydrogens (tertiary/aromatic N) is 4. The summed E-state index contributed by atoms with van der Waals surface area (Å²) in [6.45, 7) is 10.6. The molecule has 1 heterocycles. The van der Waals surface area contributed by atoms with Crippen LogP contribution in [0.3, 0.4) is 0 Å². The summed E-state index contributed by atoms with van der Waals surface area (Å²) in [6.07, 6.45) is 6.05. The third-order valence-electron chi connectivity index (χ3n) is 3.47. The molecule has 0 radical (unpaired) electrons. The van der Waals surface area contributed by atoms with Crippen molar-refractivity contribution in [1.82, 2.24) is 25.2 Å². The molecule has 19 heavy (non-hydrogen) atoms. The van der Waals surface area contributed by atoms with E-state index in [1.54, 1.807) is 0 Å². The molecule has 1 aliphatic carbocycles. The lowest BCUT2D eigenvalue weighted by Gasteiger charge is -2.20. The first-order valence-corrected chi connectivity index (χ1v) is 7.55. The maximum atomic E-state index is 4.21. The molecule has 1 aliphatic rings. The Kier molecular flexibility index (Phi) is 5.34. The van der Waals surface area contributed by atoms with Gasteiger partial charge in [-0.25, -0.2) is 0 Å². The summed E-state index contributed by atoms with van der Waals surface area (Å²) in [7, 11) is 0.